The molecule has 1 heterocycles. The molecule has 2 amide bonds. The first kappa shape index (κ1) is 19.6. The van der Waals surface area contributed by atoms with Gasteiger partial charge in [-0.3, -0.25) is 4.90 Å². The third kappa shape index (κ3) is 6.59. The van der Waals surface area contributed by atoms with Crippen LogP contribution in [-0.4, -0.2) is 61.1 Å². The second-order valence-corrected chi connectivity index (χ2v) is 6.47. The number of nitrogens with zero attached hydrogens (tertiary/aromatic N) is 2. The quantitative estimate of drug-likeness (QED) is 0.818. The Morgan fingerprint density at radius 3 is 2.40 bits per heavy atom. The van der Waals surface area contributed by atoms with Gasteiger partial charge in [0.05, 0.1) is 19.3 Å². The summed E-state index contributed by atoms with van der Waals surface area (Å²) in [4.78, 5) is 15.7. The molecule has 1 saturated heterocycles. The van der Waals surface area contributed by atoms with E-state index in [0.717, 1.165) is 11.1 Å². The van der Waals surface area contributed by atoms with Crippen molar-refractivity contribution in [2.45, 2.75) is 39.5 Å². The molecular formula is C18H27F2N3O2. The summed E-state index contributed by atoms with van der Waals surface area (Å²) >= 11 is 0. The van der Waals surface area contributed by atoms with Crippen LogP contribution in [0.25, 0.3) is 0 Å². The highest BCUT2D eigenvalue weighted by atomic mass is 19.3. The van der Waals surface area contributed by atoms with Crippen LogP contribution >= 0.6 is 0 Å². The lowest BCUT2D eigenvalue weighted by molar-refractivity contribution is 0.0630. The van der Waals surface area contributed by atoms with E-state index in [-0.39, 0.29) is 18.7 Å². The van der Waals surface area contributed by atoms with Gasteiger partial charge in [-0.25, -0.2) is 13.6 Å². The van der Waals surface area contributed by atoms with Crippen molar-refractivity contribution in [1.82, 2.24) is 15.1 Å². The summed E-state index contributed by atoms with van der Waals surface area (Å²) < 4.78 is 30.4. The van der Waals surface area contributed by atoms with Crippen LogP contribution in [0.5, 0.6) is 0 Å². The van der Waals surface area contributed by atoms with E-state index >= 15 is 0 Å². The van der Waals surface area contributed by atoms with Gasteiger partial charge in [0, 0.05) is 32.7 Å². The molecule has 140 valence electrons. The largest absolute Gasteiger partial charge is 0.374 e. The summed E-state index contributed by atoms with van der Waals surface area (Å²) in [5.74, 6) is 0. The predicted molar refractivity (Wildman–Crippen MR) is 92.6 cm³/mol. The number of amides is 2. The Labute approximate surface area is 147 Å². The van der Waals surface area contributed by atoms with Crippen molar-refractivity contribution in [2.24, 2.45) is 0 Å². The minimum atomic E-state index is -2.33. The second kappa shape index (κ2) is 9.68. The van der Waals surface area contributed by atoms with Crippen molar-refractivity contribution < 1.29 is 18.3 Å². The first-order valence-corrected chi connectivity index (χ1v) is 8.67. The van der Waals surface area contributed by atoms with Crippen LogP contribution < -0.4 is 5.32 Å². The lowest BCUT2D eigenvalue weighted by Gasteiger charge is -2.34. The molecule has 1 aliphatic heterocycles. The normalized spacial score (nSPS) is 15.8. The number of piperazine rings is 1. The smallest absolute Gasteiger partial charge is 0.317 e. The number of alkyl halides is 2. The monoisotopic (exact) mass is 355 g/mol. The maximum Gasteiger partial charge on any atom is 0.317 e. The third-order valence-electron chi connectivity index (χ3n) is 4.18. The first-order chi connectivity index (χ1) is 12.0. The summed E-state index contributed by atoms with van der Waals surface area (Å²) in [5, 5.41) is 2.92. The number of halogens is 2. The molecule has 1 fully saturated rings. The van der Waals surface area contributed by atoms with Gasteiger partial charge >= 0.3 is 6.03 Å². The number of ether oxygens (including phenoxy) is 1. The minimum Gasteiger partial charge on any atom is -0.374 e. The van der Waals surface area contributed by atoms with Crippen molar-refractivity contribution in [1.29, 1.82) is 0 Å². The lowest BCUT2D eigenvalue weighted by atomic mass is 10.1. The number of hydrogen-bond donors (Lipinski definition) is 1. The molecule has 0 aromatic heterocycles. The van der Waals surface area contributed by atoms with Gasteiger partial charge in [0.25, 0.3) is 6.43 Å². The van der Waals surface area contributed by atoms with E-state index in [1.54, 1.807) is 9.80 Å². The van der Waals surface area contributed by atoms with Crippen LogP contribution in [0.3, 0.4) is 0 Å². The van der Waals surface area contributed by atoms with Crippen molar-refractivity contribution >= 4 is 6.03 Å². The standard InChI is InChI=1S/C18H27F2N3O2/c1-14(2)25-13-16-6-4-3-5-15(16)11-21-18(24)23-9-7-22(8-10-23)12-17(19)20/h3-6,14,17H,7-13H2,1-2H3,(H,21,24). The second-order valence-electron chi connectivity index (χ2n) is 6.47. The van der Waals surface area contributed by atoms with Gasteiger partial charge < -0.3 is 15.0 Å². The molecule has 0 saturated carbocycles. The van der Waals surface area contributed by atoms with Gasteiger partial charge in [0.15, 0.2) is 0 Å². The molecule has 7 heteroatoms. The summed E-state index contributed by atoms with van der Waals surface area (Å²) in [6, 6.07) is 7.69. The average molecular weight is 355 g/mol. The third-order valence-corrected chi connectivity index (χ3v) is 4.18. The van der Waals surface area contributed by atoms with E-state index in [2.05, 4.69) is 5.32 Å². The average Bonchev–Trinajstić information content (AvgIpc) is 2.58. The molecule has 5 nitrogen and oxygen atoms in total. The topological polar surface area (TPSA) is 44.8 Å². The van der Waals surface area contributed by atoms with E-state index < -0.39 is 6.43 Å². The molecule has 2 rings (SSSR count). The Hall–Kier alpha value is -1.73. The molecule has 0 spiro atoms. The van der Waals surface area contributed by atoms with Crippen molar-refractivity contribution in [2.75, 3.05) is 32.7 Å². The maximum atomic E-state index is 12.4. The van der Waals surface area contributed by atoms with Crippen LogP contribution in [0.2, 0.25) is 0 Å². The Bertz CT molecular complexity index is 547. The number of nitrogens with one attached hydrogen (secondary N) is 1. The number of carbonyl (C=O) groups excluding carboxylic acids is 1. The zero-order valence-electron chi connectivity index (χ0n) is 14.9. The number of carbonyl (C=O) groups is 1. The zero-order valence-corrected chi connectivity index (χ0v) is 14.9. The van der Waals surface area contributed by atoms with Gasteiger partial charge in [-0.05, 0) is 25.0 Å². The number of urea groups is 1. The molecule has 0 aliphatic carbocycles. The van der Waals surface area contributed by atoms with E-state index in [4.69, 9.17) is 4.74 Å². The van der Waals surface area contributed by atoms with E-state index in [9.17, 15) is 13.6 Å². The summed E-state index contributed by atoms with van der Waals surface area (Å²) in [6.45, 7) is 6.58. The van der Waals surface area contributed by atoms with Crippen LogP contribution in [0, 0.1) is 0 Å². The van der Waals surface area contributed by atoms with Crippen LogP contribution in [0.15, 0.2) is 24.3 Å². The van der Waals surface area contributed by atoms with Crippen molar-refractivity contribution in [3.05, 3.63) is 35.4 Å². The van der Waals surface area contributed by atoms with Crippen LogP contribution in [0.4, 0.5) is 13.6 Å². The fourth-order valence-corrected chi connectivity index (χ4v) is 2.74. The lowest BCUT2D eigenvalue weighted by Crippen LogP contribution is -2.52. The predicted octanol–water partition coefficient (Wildman–Crippen LogP) is 2.70. The van der Waals surface area contributed by atoms with E-state index in [1.165, 1.54) is 0 Å². The fraction of sp³-hybridized carbons (Fsp3) is 0.611. The number of rotatable bonds is 7. The number of hydrogen-bond acceptors (Lipinski definition) is 3. The number of benzene rings is 1. The molecule has 1 aromatic rings. The van der Waals surface area contributed by atoms with Crippen LogP contribution in [0.1, 0.15) is 25.0 Å². The molecule has 1 N–H and O–H groups in total. The van der Waals surface area contributed by atoms with Gasteiger partial charge in [-0.15, -0.1) is 0 Å². The highest BCUT2D eigenvalue weighted by Gasteiger charge is 2.22. The highest BCUT2D eigenvalue weighted by Crippen LogP contribution is 2.12. The highest BCUT2D eigenvalue weighted by molar-refractivity contribution is 5.74. The van der Waals surface area contributed by atoms with Gasteiger partial charge in [0.1, 0.15) is 0 Å². The summed E-state index contributed by atoms with van der Waals surface area (Å²) in [7, 11) is 0. The molecule has 25 heavy (non-hydrogen) atoms. The summed E-state index contributed by atoms with van der Waals surface area (Å²) in [6.07, 6.45) is -2.18. The van der Waals surface area contributed by atoms with Crippen molar-refractivity contribution in [3.8, 4) is 0 Å². The van der Waals surface area contributed by atoms with Gasteiger partial charge in [-0.2, -0.15) is 0 Å². The Morgan fingerprint density at radius 2 is 1.80 bits per heavy atom. The maximum absolute atomic E-state index is 12.4. The molecule has 0 radical (unpaired) electrons. The fourth-order valence-electron chi connectivity index (χ4n) is 2.74. The Balaban J connectivity index is 1.81. The first-order valence-electron chi connectivity index (χ1n) is 8.67. The Kier molecular flexibility index (Phi) is 7.58. The molecule has 0 unspecified atom stereocenters. The molecule has 1 aliphatic rings. The van der Waals surface area contributed by atoms with E-state index in [0.29, 0.717) is 39.3 Å². The Morgan fingerprint density at radius 1 is 1.16 bits per heavy atom. The minimum absolute atomic E-state index is 0.146. The van der Waals surface area contributed by atoms with Crippen molar-refractivity contribution in [3.63, 3.8) is 0 Å². The molecular weight excluding hydrogens is 328 g/mol. The molecule has 0 atom stereocenters. The molecule has 1 aromatic carbocycles. The van der Waals surface area contributed by atoms with Gasteiger partial charge in [0.2, 0.25) is 0 Å². The van der Waals surface area contributed by atoms with E-state index in [1.807, 2.05) is 38.1 Å². The van der Waals surface area contributed by atoms with Gasteiger partial charge in [-0.1, -0.05) is 24.3 Å². The SMILES string of the molecule is CC(C)OCc1ccccc1CNC(=O)N1CCN(CC(F)F)CC1. The van der Waals surface area contributed by atoms with Crippen LogP contribution in [-0.2, 0) is 17.9 Å². The zero-order chi connectivity index (χ0) is 18.2. The summed E-state index contributed by atoms with van der Waals surface area (Å²) in [5.41, 5.74) is 2.08. The molecule has 0 bridgehead atoms.